The van der Waals surface area contributed by atoms with Crippen LogP contribution in [-0.4, -0.2) is 36.5 Å². The summed E-state index contributed by atoms with van der Waals surface area (Å²) < 4.78 is 0. The molecular formula is C12H24N2OS. The van der Waals surface area contributed by atoms with Gasteiger partial charge in [-0.1, -0.05) is 20.3 Å². The maximum Gasteiger partial charge on any atom is 0.230 e. The maximum absolute atomic E-state index is 11.6. The number of thioether (sulfide) groups is 1. The molecule has 0 aromatic rings. The summed E-state index contributed by atoms with van der Waals surface area (Å²) >= 11 is 1.81. The molecule has 1 saturated heterocycles. The summed E-state index contributed by atoms with van der Waals surface area (Å²) in [5, 5.41) is 7.01. The molecule has 1 heterocycles. The van der Waals surface area contributed by atoms with Crippen molar-refractivity contribution >= 4 is 17.7 Å². The zero-order chi connectivity index (χ0) is 11.8. The van der Waals surface area contributed by atoms with Crippen molar-refractivity contribution in [2.75, 3.05) is 25.4 Å². The first kappa shape index (κ1) is 13.8. The quantitative estimate of drug-likeness (QED) is 0.746. The first-order chi connectivity index (χ1) is 7.72. The summed E-state index contributed by atoms with van der Waals surface area (Å²) in [5.41, 5.74) is 0. The van der Waals surface area contributed by atoms with Crippen LogP contribution in [0, 0.1) is 5.92 Å². The fraction of sp³-hybridized carbons (Fsp3) is 0.917. The predicted octanol–water partition coefficient (Wildman–Crippen LogP) is 1.63. The first-order valence-electron chi connectivity index (χ1n) is 6.31. The molecule has 1 amide bonds. The van der Waals surface area contributed by atoms with E-state index in [9.17, 15) is 4.79 Å². The van der Waals surface area contributed by atoms with E-state index in [2.05, 4.69) is 24.5 Å². The Balaban J connectivity index is 2.05. The zero-order valence-electron chi connectivity index (χ0n) is 10.4. The average molecular weight is 244 g/mol. The van der Waals surface area contributed by atoms with Crippen LogP contribution < -0.4 is 10.6 Å². The maximum atomic E-state index is 11.6. The molecule has 0 saturated carbocycles. The van der Waals surface area contributed by atoms with Gasteiger partial charge in [-0.05, 0) is 31.8 Å². The Kier molecular flexibility index (Phi) is 6.88. The average Bonchev–Trinajstić information content (AvgIpc) is 2.34. The van der Waals surface area contributed by atoms with Crippen molar-refractivity contribution in [2.24, 2.45) is 5.92 Å². The molecule has 0 radical (unpaired) electrons. The van der Waals surface area contributed by atoms with Crippen LogP contribution in [-0.2, 0) is 4.79 Å². The van der Waals surface area contributed by atoms with Gasteiger partial charge < -0.3 is 10.6 Å². The van der Waals surface area contributed by atoms with Crippen LogP contribution in [0.5, 0.6) is 0 Å². The van der Waals surface area contributed by atoms with Crippen LogP contribution in [0.1, 0.15) is 33.1 Å². The molecule has 1 aliphatic rings. The molecule has 2 N–H and O–H groups in total. The molecule has 0 aromatic carbocycles. The molecule has 3 nitrogen and oxygen atoms in total. The number of nitrogens with one attached hydrogen (secondary N) is 2. The zero-order valence-corrected chi connectivity index (χ0v) is 11.2. The van der Waals surface area contributed by atoms with E-state index in [1.54, 1.807) is 0 Å². The second kappa shape index (κ2) is 7.96. The molecule has 1 fully saturated rings. The number of rotatable bonds is 6. The van der Waals surface area contributed by atoms with Gasteiger partial charge in [-0.25, -0.2) is 0 Å². The molecule has 94 valence electrons. The Morgan fingerprint density at radius 2 is 2.19 bits per heavy atom. The van der Waals surface area contributed by atoms with Crippen molar-refractivity contribution in [1.82, 2.24) is 10.6 Å². The van der Waals surface area contributed by atoms with Gasteiger partial charge in [0.2, 0.25) is 5.91 Å². The number of piperidine rings is 1. The fourth-order valence-corrected chi connectivity index (χ4v) is 2.70. The van der Waals surface area contributed by atoms with E-state index in [1.807, 2.05) is 11.8 Å². The highest BCUT2D eigenvalue weighted by atomic mass is 32.2. The standard InChI is InChI=1S/C12H24N2OS/c1-3-10(2)8-14-12(15)9-16-11-4-6-13-7-5-11/h10-11,13H,3-9H2,1-2H3,(H,14,15). The van der Waals surface area contributed by atoms with Crippen LogP contribution >= 0.6 is 11.8 Å². The van der Waals surface area contributed by atoms with Crippen molar-refractivity contribution in [3.05, 3.63) is 0 Å². The third-order valence-corrected chi connectivity index (χ3v) is 4.45. The number of hydrogen-bond acceptors (Lipinski definition) is 3. The second-order valence-electron chi connectivity index (χ2n) is 4.58. The van der Waals surface area contributed by atoms with E-state index in [1.165, 1.54) is 12.8 Å². The lowest BCUT2D eigenvalue weighted by Crippen LogP contribution is -2.32. The summed E-state index contributed by atoms with van der Waals surface area (Å²) in [4.78, 5) is 11.6. The van der Waals surface area contributed by atoms with Crippen LogP contribution in [0.15, 0.2) is 0 Å². The Bertz CT molecular complexity index is 205. The predicted molar refractivity (Wildman–Crippen MR) is 70.8 cm³/mol. The van der Waals surface area contributed by atoms with Crippen molar-refractivity contribution in [3.8, 4) is 0 Å². The molecule has 1 rings (SSSR count). The Morgan fingerprint density at radius 1 is 1.50 bits per heavy atom. The van der Waals surface area contributed by atoms with Crippen LogP contribution in [0.3, 0.4) is 0 Å². The van der Waals surface area contributed by atoms with Crippen molar-refractivity contribution < 1.29 is 4.79 Å². The summed E-state index contributed by atoms with van der Waals surface area (Å²) in [6.45, 7) is 7.35. The molecule has 4 heteroatoms. The number of carbonyl (C=O) groups is 1. The number of hydrogen-bond donors (Lipinski definition) is 2. The lowest BCUT2D eigenvalue weighted by molar-refractivity contribution is -0.118. The van der Waals surface area contributed by atoms with Gasteiger partial charge in [0, 0.05) is 11.8 Å². The summed E-state index contributed by atoms with van der Waals surface area (Å²) in [6.07, 6.45) is 3.52. The molecule has 16 heavy (non-hydrogen) atoms. The Hall–Kier alpha value is -0.220. The monoisotopic (exact) mass is 244 g/mol. The molecule has 0 aliphatic carbocycles. The molecule has 1 aliphatic heterocycles. The van der Waals surface area contributed by atoms with Gasteiger partial charge in [-0.15, -0.1) is 11.8 Å². The topological polar surface area (TPSA) is 41.1 Å². The Morgan fingerprint density at radius 3 is 2.81 bits per heavy atom. The first-order valence-corrected chi connectivity index (χ1v) is 7.36. The van der Waals surface area contributed by atoms with E-state index < -0.39 is 0 Å². The minimum absolute atomic E-state index is 0.198. The third-order valence-electron chi connectivity index (χ3n) is 3.08. The van der Waals surface area contributed by atoms with Gasteiger partial charge in [0.25, 0.3) is 0 Å². The van der Waals surface area contributed by atoms with Crippen molar-refractivity contribution in [3.63, 3.8) is 0 Å². The van der Waals surface area contributed by atoms with E-state index in [4.69, 9.17) is 0 Å². The van der Waals surface area contributed by atoms with Gasteiger partial charge in [-0.3, -0.25) is 4.79 Å². The Labute approximate surface area is 103 Å². The SMILES string of the molecule is CCC(C)CNC(=O)CSC1CCNCC1. The highest BCUT2D eigenvalue weighted by molar-refractivity contribution is 8.00. The van der Waals surface area contributed by atoms with Gasteiger partial charge in [0.1, 0.15) is 0 Å². The summed E-state index contributed by atoms with van der Waals surface area (Å²) in [6, 6.07) is 0. The van der Waals surface area contributed by atoms with Gasteiger partial charge in [0.05, 0.1) is 5.75 Å². The van der Waals surface area contributed by atoms with E-state index in [0.717, 1.165) is 26.1 Å². The van der Waals surface area contributed by atoms with Crippen LogP contribution in [0.25, 0.3) is 0 Å². The molecular weight excluding hydrogens is 220 g/mol. The largest absolute Gasteiger partial charge is 0.355 e. The van der Waals surface area contributed by atoms with Crippen molar-refractivity contribution in [1.29, 1.82) is 0 Å². The molecule has 0 bridgehead atoms. The smallest absolute Gasteiger partial charge is 0.230 e. The normalized spacial score (nSPS) is 19.4. The summed E-state index contributed by atoms with van der Waals surface area (Å²) in [5.74, 6) is 1.41. The summed E-state index contributed by atoms with van der Waals surface area (Å²) in [7, 11) is 0. The van der Waals surface area contributed by atoms with Crippen LogP contribution in [0.4, 0.5) is 0 Å². The van der Waals surface area contributed by atoms with E-state index in [0.29, 0.717) is 16.9 Å². The fourth-order valence-electron chi connectivity index (χ4n) is 1.64. The third kappa shape index (κ3) is 5.75. The van der Waals surface area contributed by atoms with E-state index >= 15 is 0 Å². The van der Waals surface area contributed by atoms with Crippen molar-refractivity contribution in [2.45, 2.75) is 38.4 Å². The van der Waals surface area contributed by atoms with Gasteiger partial charge in [0.15, 0.2) is 0 Å². The van der Waals surface area contributed by atoms with E-state index in [-0.39, 0.29) is 5.91 Å². The number of amides is 1. The minimum atomic E-state index is 0.198. The molecule has 1 unspecified atom stereocenters. The lowest BCUT2D eigenvalue weighted by Gasteiger charge is -2.21. The highest BCUT2D eigenvalue weighted by Gasteiger charge is 2.14. The second-order valence-corrected chi connectivity index (χ2v) is 5.87. The van der Waals surface area contributed by atoms with Crippen LogP contribution in [0.2, 0.25) is 0 Å². The molecule has 1 atom stereocenters. The molecule has 0 spiro atoms. The highest BCUT2D eigenvalue weighted by Crippen LogP contribution is 2.19. The van der Waals surface area contributed by atoms with Gasteiger partial charge in [-0.2, -0.15) is 0 Å². The van der Waals surface area contributed by atoms with Gasteiger partial charge >= 0.3 is 0 Å². The minimum Gasteiger partial charge on any atom is -0.355 e. The molecule has 0 aromatic heterocycles. The number of carbonyl (C=O) groups excluding carboxylic acids is 1. The lowest BCUT2D eigenvalue weighted by atomic mass is 10.1.